The molecule has 13 heteroatoms. The molecule has 0 spiro atoms. The van der Waals surface area contributed by atoms with Crippen LogP contribution < -0.4 is 31.9 Å². The Hall–Kier alpha value is -6.11. The molecule has 2 amide bonds. The first-order valence-corrected chi connectivity index (χ1v) is 13.8. The number of nitrogens with zero attached hydrogens (tertiary/aromatic N) is 4. The van der Waals surface area contributed by atoms with Gasteiger partial charge in [-0.25, -0.2) is 18.7 Å². The summed E-state index contributed by atoms with van der Waals surface area (Å²) in [6, 6.07) is 19.5. The molecule has 0 radical (unpaired) electrons. The lowest BCUT2D eigenvalue weighted by Gasteiger charge is -2.15. The minimum Gasteiger partial charge on any atom is -0.439 e. The molecule has 0 saturated carbocycles. The van der Waals surface area contributed by atoms with Gasteiger partial charge >= 0.3 is 5.69 Å². The van der Waals surface area contributed by atoms with E-state index in [1.165, 1.54) is 36.0 Å². The van der Waals surface area contributed by atoms with Crippen LogP contribution in [0.2, 0.25) is 0 Å². The van der Waals surface area contributed by atoms with Crippen LogP contribution in [0.5, 0.6) is 11.6 Å². The van der Waals surface area contributed by atoms with Gasteiger partial charge in [0.1, 0.15) is 17.1 Å². The Morgan fingerprint density at radius 2 is 1.60 bits per heavy atom. The molecule has 0 saturated heterocycles. The van der Waals surface area contributed by atoms with Gasteiger partial charge in [0, 0.05) is 48.5 Å². The van der Waals surface area contributed by atoms with E-state index in [2.05, 4.69) is 25.9 Å². The zero-order chi connectivity index (χ0) is 32.1. The van der Waals surface area contributed by atoms with Crippen LogP contribution in [-0.4, -0.2) is 30.9 Å². The normalized spacial score (nSPS) is 10.8. The third kappa shape index (κ3) is 7.28. The quantitative estimate of drug-likeness (QED) is 0.205. The Morgan fingerprint density at radius 3 is 2.29 bits per heavy atom. The minimum absolute atomic E-state index is 0.138. The predicted molar refractivity (Wildman–Crippen MR) is 167 cm³/mol. The van der Waals surface area contributed by atoms with Crippen LogP contribution in [0.3, 0.4) is 0 Å². The third-order valence-electron chi connectivity index (χ3n) is 6.40. The lowest BCUT2D eigenvalue weighted by molar-refractivity contribution is -0.114. The number of aromatic nitrogens is 4. The first-order valence-electron chi connectivity index (χ1n) is 13.8. The average Bonchev–Trinajstić information content (AvgIpc) is 2.99. The van der Waals surface area contributed by atoms with E-state index in [1.807, 2.05) is 0 Å². The van der Waals surface area contributed by atoms with Crippen LogP contribution in [0.1, 0.15) is 37.2 Å². The van der Waals surface area contributed by atoms with Crippen molar-refractivity contribution < 1.29 is 18.7 Å². The largest absolute Gasteiger partial charge is 0.439 e. The van der Waals surface area contributed by atoms with Crippen molar-refractivity contribution in [2.24, 2.45) is 0 Å². The summed E-state index contributed by atoms with van der Waals surface area (Å²) in [4.78, 5) is 59.5. The van der Waals surface area contributed by atoms with Crippen LogP contribution in [0.25, 0.3) is 5.69 Å². The van der Waals surface area contributed by atoms with Gasteiger partial charge in [0.15, 0.2) is 0 Å². The second kappa shape index (κ2) is 13.0. The highest BCUT2D eigenvalue weighted by Gasteiger charge is 2.20. The van der Waals surface area contributed by atoms with Gasteiger partial charge in [0.05, 0.1) is 5.69 Å². The zero-order valence-electron chi connectivity index (χ0n) is 24.4. The second-order valence-corrected chi connectivity index (χ2v) is 10.1. The van der Waals surface area contributed by atoms with Crippen molar-refractivity contribution in [1.82, 2.24) is 19.1 Å². The maximum absolute atomic E-state index is 13.5. The highest BCUT2D eigenvalue weighted by atomic mass is 19.1. The highest BCUT2D eigenvalue weighted by molar-refractivity contribution is 6.03. The molecule has 0 aliphatic heterocycles. The highest BCUT2D eigenvalue weighted by Crippen LogP contribution is 2.24. The number of ether oxygens (including phenoxy) is 1. The maximum Gasteiger partial charge on any atom is 0.335 e. The summed E-state index contributed by atoms with van der Waals surface area (Å²) in [7, 11) is 0. The lowest BCUT2D eigenvalue weighted by Crippen LogP contribution is -2.42. The van der Waals surface area contributed by atoms with Gasteiger partial charge < -0.3 is 20.7 Å². The minimum atomic E-state index is -0.837. The number of hydrogen-bond donors (Lipinski definition) is 3. The van der Waals surface area contributed by atoms with Crippen LogP contribution in [0.15, 0.2) is 101 Å². The molecule has 0 atom stereocenters. The second-order valence-electron chi connectivity index (χ2n) is 10.1. The maximum atomic E-state index is 13.5. The molecular formula is C32H28FN7O5. The number of amides is 2. The van der Waals surface area contributed by atoms with Crippen LogP contribution >= 0.6 is 0 Å². The van der Waals surface area contributed by atoms with Crippen molar-refractivity contribution in [3.05, 3.63) is 123 Å². The molecule has 0 unspecified atom stereocenters. The van der Waals surface area contributed by atoms with Crippen LogP contribution in [-0.2, 0) is 4.79 Å². The fraction of sp³-hybridized carbons (Fsp3) is 0.125. The molecule has 2 heterocycles. The van der Waals surface area contributed by atoms with Crippen molar-refractivity contribution in [3.63, 3.8) is 0 Å². The molecule has 0 aliphatic carbocycles. The Kier molecular flexibility index (Phi) is 8.79. The summed E-state index contributed by atoms with van der Waals surface area (Å²) >= 11 is 0. The van der Waals surface area contributed by atoms with E-state index in [4.69, 9.17) is 4.74 Å². The lowest BCUT2D eigenvalue weighted by atomic mass is 10.2. The number of nitrogens with one attached hydrogen (secondary N) is 3. The molecule has 3 N–H and O–H groups in total. The molecule has 12 nitrogen and oxygen atoms in total. The number of anilines is 4. The van der Waals surface area contributed by atoms with E-state index in [9.17, 15) is 23.6 Å². The number of carbonyl (C=O) groups is 2. The standard InChI is InChI=1S/C32H28FN7O5/c1-19(2)39-18-27(30(43)40(32(39)44)25-11-7-21(33)8-12-25)29(42)36-22-9-13-26(14-10-22)45-28-15-16-34-31(38-28)37-24-6-4-5-23(17-24)35-20(3)41/h4-19H,1-3H3,(H,35,41)(H,36,42)(H,34,37,38). The van der Waals surface area contributed by atoms with Crippen LogP contribution in [0.4, 0.5) is 27.4 Å². The Labute approximate surface area is 256 Å². The Balaban J connectivity index is 1.31. The molecule has 228 valence electrons. The monoisotopic (exact) mass is 609 g/mol. The summed E-state index contributed by atoms with van der Waals surface area (Å²) < 4.78 is 21.4. The van der Waals surface area contributed by atoms with Gasteiger partial charge in [-0.1, -0.05) is 6.07 Å². The first-order chi connectivity index (χ1) is 21.6. The molecule has 2 aromatic heterocycles. The van der Waals surface area contributed by atoms with Gasteiger partial charge in [-0.05, 0) is 80.6 Å². The van der Waals surface area contributed by atoms with Crippen molar-refractivity contribution in [1.29, 1.82) is 0 Å². The summed E-state index contributed by atoms with van der Waals surface area (Å²) in [6.45, 7) is 4.90. The van der Waals surface area contributed by atoms with E-state index >= 15 is 0 Å². The fourth-order valence-electron chi connectivity index (χ4n) is 4.31. The van der Waals surface area contributed by atoms with Crippen molar-refractivity contribution >= 4 is 34.8 Å². The van der Waals surface area contributed by atoms with Gasteiger partial charge in [-0.15, -0.1) is 0 Å². The SMILES string of the molecule is CC(=O)Nc1cccc(Nc2nccc(Oc3ccc(NC(=O)c4cn(C(C)C)c(=O)n(-c5ccc(F)cc5)c4=O)cc3)n2)c1. The van der Waals surface area contributed by atoms with Crippen molar-refractivity contribution in [2.75, 3.05) is 16.0 Å². The number of carbonyl (C=O) groups excluding carboxylic acids is 2. The van der Waals surface area contributed by atoms with Gasteiger partial charge in [-0.3, -0.25) is 19.0 Å². The van der Waals surface area contributed by atoms with E-state index in [1.54, 1.807) is 68.4 Å². The number of rotatable bonds is 9. The van der Waals surface area contributed by atoms with Crippen LogP contribution in [0, 0.1) is 5.82 Å². The molecule has 0 aliphatic rings. The molecule has 5 rings (SSSR count). The molecular weight excluding hydrogens is 581 g/mol. The summed E-state index contributed by atoms with van der Waals surface area (Å²) in [5.41, 5.74) is 0.0257. The Morgan fingerprint density at radius 1 is 0.889 bits per heavy atom. The molecule has 5 aromatic rings. The number of benzene rings is 3. The van der Waals surface area contributed by atoms with Gasteiger partial charge in [0.25, 0.3) is 11.5 Å². The summed E-state index contributed by atoms with van der Waals surface area (Å²) in [6.07, 6.45) is 2.74. The number of hydrogen-bond acceptors (Lipinski definition) is 8. The smallest absolute Gasteiger partial charge is 0.335 e. The molecule has 3 aromatic carbocycles. The molecule has 45 heavy (non-hydrogen) atoms. The topological polar surface area (TPSA) is 149 Å². The first kappa shape index (κ1) is 30.4. The van der Waals surface area contributed by atoms with Gasteiger partial charge in [-0.2, -0.15) is 4.98 Å². The average molecular weight is 610 g/mol. The summed E-state index contributed by atoms with van der Waals surface area (Å²) in [5.74, 6) is -0.512. The van der Waals surface area contributed by atoms with E-state index in [0.717, 1.165) is 16.7 Å². The van der Waals surface area contributed by atoms with E-state index < -0.39 is 23.0 Å². The van der Waals surface area contributed by atoms with Crippen molar-refractivity contribution in [2.45, 2.75) is 26.8 Å². The predicted octanol–water partition coefficient (Wildman–Crippen LogP) is 5.26. The zero-order valence-corrected chi connectivity index (χ0v) is 24.4. The van der Waals surface area contributed by atoms with E-state index in [0.29, 0.717) is 22.8 Å². The fourth-order valence-corrected chi connectivity index (χ4v) is 4.31. The summed E-state index contributed by atoms with van der Waals surface area (Å²) in [5, 5.41) is 8.44. The van der Waals surface area contributed by atoms with E-state index in [-0.39, 0.29) is 35.0 Å². The third-order valence-corrected chi connectivity index (χ3v) is 6.40. The van der Waals surface area contributed by atoms with Gasteiger partial charge in [0.2, 0.25) is 17.7 Å². The molecule has 0 fully saturated rings. The molecule has 0 bridgehead atoms. The Bertz CT molecular complexity index is 1990. The number of halogens is 1. The van der Waals surface area contributed by atoms with Crippen molar-refractivity contribution in [3.8, 4) is 17.3 Å².